The minimum absolute atomic E-state index is 0.168. The molecule has 0 radical (unpaired) electrons. The molecule has 4 rings (SSSR count). The van der Waals surface area contributed by atoms with Crippen LogP contribution in [0.4, 0.5) is 5.69 Å². The summed E-state index contributed by atoms with van der Waals surface area (Å²) in [5, 5.41) is 6.39. The molecule has 3 aromatic heterocycles. The molecule has 0 fully saturated rings. The number of hydrogen-bond donors (Lipinski definition) is 2. The molecule has 1 aromatic carbocycles. The maximum atomic E-state index is 12.7. The van der Waals surface area contributed by atoms with E-state index in [-0.39, 0.29) is 18.2 Å². The topological polar surface area (TPSA) is 102 Å². The van der Waals surface area contributed by atoms with Gasteiger partial charge in [0.25, 0.3) is 11.8 Å². The summed E-state index contributed by atoms with van der Waals surface area (Å²) in [4.78, 5) is 29.5. The van der Waals surface area contributed by atoms with Gasteiger partial charge in [0.2, 0.25) is 0 Å². The van der Waals surface area contributed by atoms with Crippen molar-refractivity contribution in [3.63, 3.8) is 0 Å². The Bertz CT molecular complexity index is 1180. The van der Waals surface area contributed by atoms with Gasteiger partial charge in [-0.1, -0.05) is 23.9 Å². The van der Waals surface area contributed by atoms with E-state index in [0.717, 1.165) is 5.16 Å². The second-order valence-electron chi connectivity index (χ2n) is 6.64. The first-order valence-electron chi connectivity index (χ1n) is 9.50. The van der Waals surface area contributed by atoms with Crippen molar-refractivity contribution in [3.05, 3.63) is 90.0 Å². The number of imidazole rings is 1. The van der Waals surface area contributed by atoms with Gasteiger partial charge in [-0.05, 0) is 36.4 Å². The van der Waals surface area contributed by atoms with E-state index in [1.807, 2.05) is 17.8 Å². The Labute approximate surface area is 182 Å². The molecule has 0 saturated heterocycles. The molecular weight excluding hydrogens is 416 g/mol. The second-order valence-corrected chi connectivity index (χ2v) is 7.58. The molecule has 8 nitrogen and oxygen atoms in total. The molecule has 9 heteroatoms. The lowest BCUT2D eigenvalue weighted by Crippen LogP contribution is -2.24. The van der Waals surface area contributed by atoms with Gasteiger partial charge in [-0.15, -0.1) is 0 Å². The van der Waals surface area contributed by atoms with Crippen LogP contribution in [0.3, 0.4) is 0 Å². The molecule has 4 aromatic rings. The largest absolute Gasteiger partial charge is 0.467 e. The average Bonchev–Trinajstić information content (AvgIpc) is 3.53. The number of nitrogens with one attached hydrogen (secondary N) is 2. The summed E-state index contributed by atoms with van der Waals surface area (Å²) < 4.78 is 12.8. The van der Waals surface area contributed by atoms with E-state index < -0.39 is 5.91 Å². The number of rotatable bonds is 8. The molecule has 0 aliphatic heterocycles. The lowest BCUT2D eigenvalue weighted by atomic mass is 10.1. The summed E-state index contributed by atoms with van der Waals surface area (Å²) in [5.74, 6) is 1.26. The van der Waals surface area contributed by atoms with Gasteiger partial charge in [0.05, 0.1) is 29.8 Å². The van der Waals surface area contributed by atoms with Crippen LogP contribution in [-0.4, -0.2) is 21.4 Å². The summed E-state index contributed by atoms with van der Waals surface area (Å²) >= 11 is 1.51. The predicted octanol–water partition coefficient (Wildman–Crippen LogP) is 4.08. The van der Waals surface area contributed by atoms with Crippen LogP contribution < -0.4 is 10.6 Å². The SMILES string of the molecule is Cn1ccnc1SCc1ccc(C(=O)Nc2ccccc2C(=O)NCc2ccco2)o1. The summed E-state index contributed by atoms with van der Waals surface area (Å²) in [6, 6.07) is 13.7. The number of anilines is 1. The minimum Gasteiger partial charge on any atom is -0.467 e. The Morgan fingerprint density at radius 3 is 2.71 bits per heavy atom. The van der Waals surface area contributed by atoms with Gasteiger partial charge < -0.3 is 24.0 Å². The van der Waals surface area contributed by atoms with Gasteiger partial charge >= 0.3 is 0 Å². The lowest BCUT2D eigenvalue weighted by molar-refractivity contribution is 0.0949. The number of carbonyl (C=O) groups excluding carboxylic acids is 2. The summed E-state index contributed by atoms with van der Waals surface area (Å²) in [5.41, 5.74) is 0.740. The maximum Gasteiger partial charge on any atom is 0.291 e. The van der Waals surface area contributed by atoms with Crippen LogP contribution in [0.15, 0.2) is 81.2 Å². The number of aryl methyl sites for hydroxylation is 1. The Balaban J connectivity index is 1.39. The highest BCUT2D eigenvalue weighted by molar-refractivity contribution is 7.98. The molecule has 3 heterocycles. The Kier molecular flexibility index (Phi) is 6.23. The number of hydrogen-bond acceptors (Lipinski definition) is 6. The molecule has 2 amide bonds. The average molecular weight is 436 g/mol. The Morgan fingerprint density at radius 2 is 1.94 bits per heavy atom. The quantitative estimate of drug-likeness (QED) is 0.404. The highest BCUT2D eigenvalue weighted by Crippen LogP contribution is 2.23. The number of thioether (sulfide) groups is 1. The number of carbonyl (C=O) groups is 2. The molecule has 2 N–H and O–H groups in total. The van der Waals surface area contributed by atoms with Crippen LogP contribution in [0.25, 0.3) is 0 Å². The molecule has 0 unspecified atom stereocenters. The zero-order chi connectivity index (χ0) is 21.6. The van der Waals surface area contributed by atoms with E-state index in [4.69, 9.17) is 8.83 Å². The van der Waals surface area contributed by atoms with E-state index in [9.17, 15) is 9.59 Å². The van der Waals surface area contributed by atoms with Crippen LogP contribution in [-0.2, 0) is 19.3 Å². The van der Waals surface area contributed by atoms with Crippen molar-refractivity contribution in [2.45, 2.75) is 17.5 Å². The molecule has 0 saturated carbocycles. The zero-order valence-electron chi connectivity index (χ0n) is 16.7. The first kappa shape index (κ1) is 20.5. The van der Waals surface area contributed by atoms with Crippen LogP contribution >= 0.6 is 11.8 Å². The fraction of sp³-hybridized carbons (Fsp3) is 0.136. The minimum atomic E-state index is -0.431. The van der Waals surface area contributed by atoms with Gasteiger partial charge in [0.1, 0.15) is 11.5 Å². The molecule has 0 atom stereocenters. The number of furan rings is 2. The van der Waals surface area contributed by atoms with Gasteiger partial charge in [-0.3, -0.25) is 9.59 Å². The van der Waals surface area contributed by atoms with Crippen LogP contribution in [0.2, 0.25) is 0 Å². The van der Waals surface area contributed by atoms with E-state index in [1.54, 1.807) is 61.0 Å². The summed E-state index contributed by atoms with van der Waals surface area (Å²) in [6.45, 7) is 0.253. The van der Waals surface area contributed by atoms with E-state index in [0.29, 0.717) is 28.5 Å². The number of benzene rings is 1. The maximum absolute atomic E-state index is 12.7. The fourth-order valence-electron chi connectivity index (χ4n) is 2.85. The number of para-hydroxylation sites is 1. The lowest BCUT2D eigenvalue weighted by Gasteiger charge is -2.10. The van der Waals surface area contributed by atoms with Gasteiger partial charge in [-0.2, -0.15) is 0 Å². The van der Waals surface area contributed by atoms with Gasteiger partial charge in [-0.25, -0.2) is 4.98 Å². The van der Waals surface area contributed by atoms with Gasteiger partial charge in [0, 0.05) is 19.4 Å². The van der Waals surface area contributed by atoms with Crippen LogP contribution in [0.1, 0.15) is 32.4 Å². The van der Waals surface area contributed by atoms with Crippen LogP contribution in [0, 0.1) is 0 Å². The molecule has 0 bridgehead atoms. The number of aromatic nitrogens is 2. The first-order valence-corrected chi connectivity index (χ1v) is 10.5. The summed E-state index contributed by atoms with van der Waals surface area (Å²) in [6.07, 6.45) is 5.14. The van der Waals surface area contributed by atoms with E-state index in [2.05, 4.69) is 15.6 Å². The van der Waals surface area contributed by atoms with E-state index in [1.165, 1.54) is 11.8 Å². The smallest absolute Gasteiger partial charge is 0.291 e. The van der Waals surface area contributed by atoms with Crippen molar-refractivity contribution < 1.29 is 18.4 Å². The molecule has 0 aliphatic carbocycles. The second kappa shape index (κ2) is 9.40. The third-order valence-electron chi connectivity index (χ3n) is 4.43. The van der Waals surface area contributed by atoms with Crippen molar-refractivity contribution in [1.29, 1.82) is 0 Å². The van der Waals surface area contributed by atoms with Crippen molar-refractivity contribution in [2.75, 3.05) is 5.32 Å². The van der Waals surface area contributed by atoms with Gasteiger partial charge in [0.15, 0.2) is 10.9 Å². The Morgan fingerprint density at radius 1 is 1.06 bits per heavy atom. The van der Waals surface area contributed by atoms with Crippen molar-refractivity contribution >= 4 is 29.3 Å². The molecular formula is C22H20N4O4S. The van der Waals surface area contributed by atoms with E-state index >= 15 is 0 Å². The normalized spacial score (nSPS) is 10.7. The van der Waals surface area contributed by atoms with Crippen molar-refractivity contribution in [2.24, 2.45) is 7.05 Å². The summed E-state index contributed by atoms with van der Waals surface area (Å²) in [7, 11) is 1.92. The standard InChI is InChI=1S/C22H20N4O4S/c1-26-11-10-23-22(26)31-14-16-8-9-19(30-16)21(28)25-18-7-3-2-6-17(18)20(27)24-13-15-5-4-12-29-15/h2-12H,13-14H2,1H3,(H,24,27)(H,25,28). The highest BCUT2D eigenvalue weighted by Gasteiger charge is 2.17. The highest BCUT2D eigenvalue weighted by atomic mass is 32.2. The molecule has 0 aliphatic rings. The van der Waals surface area contributed by atoms with Crippen molar-refractivity contribution in [3.8, 4) is 0 Å². The Hall–Kier alpha value is -3.72. The first-order chi connectivity index (χ1) is 15.1. The van der Waals surface area contributed by atoms with Crippen LogP contribution in [0.5, 0.6) is 0 Å². The fourth-order valence-corrected chi connectivity index (χ4v) is 3.68. The molecule has 158 valence electrons. The number of nitrogens with zero attached hydrogens (tertiary/aromatic N) is 2. The predicted molar refractivity (Wildman–Crippen MR) is 116 cm³/mol. The molecule has 31 heavy (non-hydrogen) atoms. The third-order valence-corrected chi connectivity index (χ3v) is 5.51. The zero-order valence-corrected chi connectivity index (χ0v) is 17.5. The molecule has 0 spiro atoms. The third kappa shape index (κ3) is 5.07. The monoisotopic (exact) mass is 436 g/mol. The van der Waals surface area contributed by atoms with Crippen molar-refractivity contribution in [1.82, 2.24) is 14.9 Å². The number of amides is 2.